The molecular weight excluding hydrogens is 308 g/mol. The zero-order valence-corrected chi connectivity index (χ0v) is 13.2. The fourth-order valence-electron chi connectivity index (χ4n) is 1.55. The highest BCUT2D eigenvalue weighted by Crippen LogP contribution is 2.16. The van der Waals surface area contributed by atoms with Crippen LogP contribution in [0.15, 0.2) is 17.5 Å². The average Bonchev–Trinajstić information content (AvgIpc) is 3.14. The van der Waals surface area contributed by atoms with Crippen LogP contribution in [0.2, 0.25) is 0 Å². The lowest BCUT2D eigenvalue weighted by Gasteiger charge is -2.02. The molecular formula is C13H16N4O2S2. The molecule has 6 nitrogen and oxygen atoms in total. The first-order valence-corrected chi connectivity index (χ1v) is 8.32. The van der Waals surface area contributed by atoms with E-state index in [0.717, 1.165) is 24.3 Å². The summed E-state index contributed by atoms with van der Waals surface area (Å²) in [5, 5.41) is 16.3. The van der Waals surface area contributed by atoms with Gasteiger partial charge in [-0.15, -0.1) is 21.5 Å². The van der Waals surface area contributed by atoms with E-state index in [1.807, 2.05) is 5.38 Å². The minimum absolute atomic E-state index is 0.0827. The summed E-state index contributed by atoms with van der Waals surface area (Å²) in [4.78, 5) is 24.0. The molecule has 2 heterocycles. The second-order valence-corrected chi connectivity index (χ2v) is 6.32. The summed E-state index contributed by atoms with van der Waals surface area (Å²) in [5.41, 5.74) is 0. The van der Waals surface area contributed by atoms with E-state index in [1.54, 1.807) is 12.1 Å². The van der Waals surface area contributed by atoms with E-state index in [1.165, 1.54) is 22.7 Å². The van der Waals surface area contributed by atoms with Gasteiger partial charge >= 0.3 is 0 Å². The van der Waals surface area contributed by atoms with Crippen LogP contribution >= 0.6 is 22.7 Å². The van der Waals surface area contributed by atoms with Crippen molar-refractivity contribution in [2.75, 3.05) is 11.9 Å². The standard InChI is InChI=1S/C13H16N4O2S2/c1-2-3-6-11-16-17-13(21-11)15-10(18)8-14-12(19)9-5-4-7-20-9/h4-5,7H,2-3,6,8H2,1H3,(H,14,19)(H,15,17,18). The Morgan fingerprint density at radius 2 is 2.19 bits per heavy atom. The van der Waals surface area contributed by atoms with Gasteiger partial charge in [-0.1, -0.05) is 30.7 Å². The van der Waals surface area contributed by atoms with Gasteiger partial charge in [0.25, 0.3) is 5.91 Å². The van der Waals surface area contributed by atoms with Gasteiger partial charge in [0.1, 0.15) is 5.01 Å². The third kappa shape index (κ3) is 4.91. The molecule has 2 aromatic heterocycles. The quantitative estimate of drug-likeness (QED) is 0.818. The van der Waals surface area contributed by atoms with E-state index in [9.17, 15) is 9.59 Å². The van der Waals surface area contributed by atoms with Crippen molar-refractivity contribution in [2.45, 2.75) is 26.2 Å². The van der Waals surface area contributed by atoms with Crippen molar-refractivity contribution in [3.05, 3.63) is 27.4 Å². The van der Waals surface area contributed by atoms with E-state index in [2.05, 4.69) is 27.8 Å². The number of hydrogen-bond donors (Lipinski definition) is 2. The van der Waals surface area contributed by atoms with Gasteiger partial charge in [0.15, 0.2) is 0 Å². The van der Waals surface area contributed by atoms with Gasteiger partial charge in [-0.2, -0.15) is 0 Å². The van der Waals surface area contributed by atoms with Crippen LogP contribution in [-0.2, 0) is 11.2 Å². The second kappa shape index (κ2) is 7.84. The summed E-state index contributed by atoms with van der Waals surface area (Å²) in [5.74, 6) is -0.556. The van der Waals surface area contributed by atoms with Crippen molar-refractivity contribution in [1.29, 1.82) is 0 Å². The van der Waals surface area contributed by atoms with Crippen LogP contribution in [0.25, 0.3) is 0 Å². The first-order valence-electron chi connectivity index (χ1n) is 6.63. The molecule has 2 N–H and O–H groups in total. The molecule has 0 saturated heterocycles. The molecule has 0 aliphatic carbocycles. The normalized spacial score (nSPS) is 10.3. The van der Waals surface area contributed by atoms with E-state index in [-0.39, 0.29) is 18.4 Å². The molecule has 0 aliphatic heterocycles. The van der Waals surface area contributed by atoms with Gasteiger partial charge < -0.3 is 5.32 Å². The van der Waals surface area contributed by atoms with Crippen molar-refractivity contribution in [3.8, 4) is 0 Å². The Hall–Kier alpha value is -1.80. The number of rotatable bonds is 7. The van der Waals surface area contributed by atoms with Crippen molar-refractivity contribution < 1.29 is 9.59 Å². The van der Waals surface area contributed by atoms with E-state index < -0.39 is 0 Å². The van der Waals surface area contributed by atoms with Crippen LogP contribution in [0.5, 0.6) is 0 Å². The predicted octanol–water partition coefficient (Wildman–Crippen LogP) is 2.31. The number of carbonyl (C=O) groups is 2. The van der Waals surface area contributed by atoms with Gasteiger partial charge in [-0.3, -0.25) is 14.9 Å². The van der Waals surface area contributed by atoms with Gasteiger partial charge in [-0.25, -0.2) is 0 Å². The van der Waals surface area contributed by atoms with Crippen LogP contribution in [0.1, 0.15) is 34.4 Å². The molecule has 0 aliphatic rings. The third-order valence-corrected chi connectivity index (χ3v) is 4.38. The summed E-state index contributed by atoms with van der Waals surface area (Å²) >= 11 is 2.70. The number of aromatic nitrogens is 2. The summed E-state index contributed by atoms with van der Waals surface area (Å²) in [6, 6.07) is 3.50. The highest BCUT2D eigenvalue weighted by molar-refractivity contribution is 7.15. The van der Waals surface area contributed by atoms with E-state index in [4.69, 9.17) is 0 Å². The molecule has 0 fully saturated rings. The number of aryl methyl sites for hydroxylation is 1. The van der Waals surface area contributed by atoms with Crippen molar-refractivity contribution in [3.63, 3.8) is 0 Å². The molecule has 21 heavy (non-hydrogen) atoms. The lowest BCUT2D eigenvalue weighted by atomic mass is 10.3. The maximum absolute atomic E-state index is 11.7. The van der Waals surface area contributed by atoms with Crippen LogP contribution in [-0.4, -0.2) is 28.6 Å². The molecule has 0 aromatic carbocycles. The largest absolute Gasteiger partial charge is 0.342 e. The van der Waals surface area contributed by atoms with Crippen LogP contribution in [0, 0.1) is 0 Å². The minimum atomic E-state index is -0.307. The molecule has 0 atom stereocenters. The number of anilines is 1. The third-order valence-electron chi connectivity index (χ3n) is 2.61. The lowest BCUT2D eigenvalue weighted by molar-refractivity contribution is -0.115. The van der Waals surface area contributed by atoms with Crippen molar-refractivity contribution >= 4 is 39.6 Å². The van der Waals surface area contributed by atoms with E-state index >= 15 is 0 Å². The molecule has 0 spiro atoms. The van der Waals surface area contributed by atoms with Gasteiger partial charge in [0.2, 0.25) is 11.0 Å². The molecule has 2 rings (SSSR count). The van der Waals surface area contributed by atoms with Crippen LogP contribution < -0.4 is 10.6 Å². The Morgan fingerprint density at radius 3 is 2.90 bits per heavy atom. The maximum Gasteiger partial charge on any atom is 0.261 e. The molecule has 0 unspecified atom stereocenters. The zero-order chi connectivity index (χ0) is 15.1. The molecule has 112 valence electrons. The smallest absolute Gasteiger partial charge is 0.261 e. The number of amides is 2. The summed E-state index contributed by atoms with van der Waals surface area (Å²) in [6.45, 7) is 2.03. The highest BCUT2D eigenvalue weighted by Gasteiger charge is 2.11. The Bertz CT molecular complexity index is 595. The number of nitrogens with zero attached hydrogens (tertiary/aromatic N) is 2. The molecule has 0 saturated carbocycles. The Morgan fingerprint density at radius 1 is 1.33 bits per heavy atom. The number of hydrogen-bond acceptors (Lipinski definition) is 6. The van der Waals surface area contributed by atoms with Gasteiger partial charge in [-0.05, 0) is 17.9 Å². The SMILES string of the molecule is CCCCc1nnc(NC(=O)CNC(=O)c2cccs2)s1. The molecule has 2 aromatic rings. The number of carbonyl (C=O) groups excluding carboxylic acids is 2. The summed E-state index contributed by atoms with van der Waals surface area (Å²) in [6.07, 6.45) is 3.02. The molecule has 0 bridgehead atoms. The Balaban J connectivity index is 1.76. The Labute approximate surface area is 130 Å². The summed E-state index contributed by atoms with van der Waals surface area (Å²) < 4.78 is 0. The maximum atomic E-state index is 11.7. The van der Waals surface area contributed by atoms with Crippen LogP contribution in [0.3, 0.4) is 0 Å². The molecule has 0 radical (unpaired) electrons. The number of thiophene rings is 1. The summed E-state index contributed by atoms with van der Waals surface area (Å²) in [7, 11) is 0. The monoisotopic (exact) mass is 324 g/mol. The van der Waals surface area contributed by atoms with Gasteiger partial charge in [0.05, 0.1) is 11.4 Å². The molecule has 2 amide bonds. The first-order chi connectivity index (χ1) is 10.2. The van der Waals surface area contributed by atoms with Gasteiger partial charge in [0, 0.05) is 6.42 Å². The van der Waals surface area contributed by atoms with Crippen molar-refractivity contribution in [1.82, 2.24) is 15.5 Å². The zero-order valence-electron chi connectivity index (χ0n) is 11.6. The van der Waals surface area contributed by atoms with E-state index in [0.29, 0.717) is 10.0 Å². The number of unbranched alkanes of at least 4 members (excludes halogenated alkanes) is 1. The predicted molar refractivity (Wildman–Crippen MR) is 83.8 cm³/mol. The average molecular weight is 324 g/mol. The molecule has 8 heteroatoms. The number of nitrogens with one attached hydrogen (secondary N) is 2. The van der Waals surface area contributed by atoms with Crippen LogP contribution in [0.4, 0.5) is 5.13 Å². The Kier molecular flexibility index (Phi) is 5.82. The van der Waals surface area contributed by atoms with Crippen molar-refractivity contribution in [2.24, 2.45) is 0 Å². The fourth-order valence-corrected chi connectivity index (χ4v) is 2.99. The topological polar surface area (TPSA) is 84.0 Å². The highest BCUT2D eigenvalue weighted by atomic mass is 32.1. The fraction of sp³-hybridized carbons (Fsp3) is 0.385. The first kappa shape index (κ1) is 15.6. The second-order valence-electron chi connectivity index (χ2n) is 4.31. The lowest BCUT2D eigenvalue weighted by Crippen LogP contribution is -2.32. The minimum Gasteiger partial charge on any atom is -0.342 e.